The van der Waals surface area contributed by atoms with Gasteiger partial charge in [-0.15, -0.1) is 0 Å². The standard InChI is InChI=1S/C27H27BrN4O3S/c1-20(2)18-31(36(34,35)24-15-13-22(28)14-16-24)19-27(33)29-26-17-25(21-9-5-3-6-10-21)30-32(26)23-11-7-4-8-12-23/h3-17,20H,18-19H2,1-2H3,(H,29,33). The molecular formula is C27H27BrN4O3S. The summed E-state index contributed by atoms with van der Waals surface area (Å²) >= 11 is 3.33. The monoisotopic (exact) mass is 566 g/mol. The van der Waals surface area contributed by atoms with E-state index in [-0.39, 0.29) is 23.9 Å². The van der Waals surface area contributed by atoms with Gasteiger partial charge in [0.05, 0.1) is 22.8 Å². The molecular weight excluding hydrogens is 540 g/mol. The van der Waals surface area contributed by atoms with Gasteiger partial charge in [0.1, 0.15) is 5.82 Å². The number of aromatic nitrogens is 2. The van der Waals surface area contributed by atoms with Crippen molar-refractivity contribution in [1.82, 2.24) is 14.1 Å². The summed E-state index contributed by atoms with van der Waals surface area (Å²) in [5, 5.41) is 7.59. The third-order valence-corrected chi connectivity index (χ3v) is 7.74. The van der Waals surface area contributed by atoms with Crippen molar-refractivity contribution in [1.29, 1.82) is 0 Å². The highest BCUT2D eigenvalue weighted by Gasteiger charge is 2.28. The van der Waals surface area contributed by atoms with Crippen LogP contribution in [0, 0.1) is 5.92 Å². The summed E-state index contributed by atoms with van der Waals surface area (Å²) in [7, 11) is -3.87. The highest BCUT2D eigenvalue weighted by Crippen LogP contribution is 2.25. The van der Waals surface area contributed by atoms with E-state index in [1.165, 1.54) is 16.4 Å². The van der Waals surface area contributed by atoms with Crippen LogP contribution in [-0.2, 0) is 14.8 Å². The summed E-state index contributed by atoms with van der Waals surface area (Å²) in [4.78, 5) is 13.3. The second-order valence-electron chi connectivity index (χ2n) is 8.72. The largest absolute Gasteiger partial charge is 0.309 e. The fourth-order valence-electron chi connectivity index (χ4n) is 3.74. The molecule has 0 saturated heterocycles. The smallest absolute Gasteiger partial charge is 0.243 e. The Morgan fingerprint density at radius 2 is 1.58 bits per heavy atom. The van der Waals surface area contributed by atoms with Crippen LogP contribution >= 0.6 is 15.9 Å². The fraction of sp³-hybridized carbons (Fsp3) is 0.185. The number of anilines is 1. The van der Waals surface area contributed by atoms with Crippen LogP contribution in [0.1, 0.15) is 13.8 Å². The quantitative estimate of drug-likeness (QED) is 0.286. The molecule has 0 atom stereocenters. The molecule has 1 aromatic heterocycles. The molecule has 1 amide bonds. The number of sulfonamides is 1. The predicted molar refractivity (Wildman–Crippen MR) is 145 cm³/mol. The van der Waals surface area contributed by atoms with Crippen LogP contribution in [0.25, 0.3) is 16.9 Å². The topological polar surface area (TPSA) is 84.3 Å². The van der Waals surface area contributed by atoms with Crippen molar-refractivity contribution >= 4 is 37.7 Å². The average molecular weight is 568 g/mol. The van der Waals surface area contributed by atoms with Crippen LogP contribution in [-0.4, -0.2) is 41.5 Å². The molecule has 9 heteroatoms. The summed E-state index contributed by atoms with van der Waals surface area (Å²) < 4.78 is 30.4. The number of para-hydroxylation sites is 1. The van der Waals surface area contributed by atoms with Gasteiger partial charge >= 0.3 is 0 Å². The van der Waals surface area contributed by atoms with Crippen LogP contribution in [0.5, 0.6) is 0 Å². The van der Waals surface area contributed by atoms with E-state index >= 15 is 0 Å². The van der Waals surface area contributed by atoms with Crippen molar-refractivity contribution in [2.75, 3.05) is 18.4 Å². The molecule has 0 aliphatic carbocycles. The number of amides is 1. The minimum absolute atomic E-state index is 0.0301. The molecule has 0 fully saturated rings. The lowest BCUT2D eigenvalue weighted by atomic mass is 10.1. The number of halogens is 1. The molecule has 3 aromatic carbocycles. The Labute approximate surface area is 219 Å². The van der Waals surface area contributed by atoms with Crippen LogP contribution in [0.3, 0.4) is 0 Å². The third-order valence-electron chi connectivity index (χ3n) is 5.39. The van der Waals surface area contributed by atoms with E-state index in [0.29, 0.717) is 11.5 Å². The Balaban J connectivity index is 1.63. The summed E-state index contributed by atoms with van der Waals surface area (Å²) in [6, 6.07) is 27.3. The maximum Gasteiger partial charge on any atom is 0.243 e. The summed E-state index contributed by atoms with van der Waals surface area (Å²) in [5.74, 6) is 0.0335. The molecule has 1 N–H and O–H groups in total. The number of carbonyl (C=O) groups excluding carboxylic acids is 1. The molecule has 0 radical (unpaired) electrons. The van der Waals surface area contributed by atoms with E-state index in [1.807, 2.05) is 74.5 Å². The first-order valence-electron chi connectivity index (χ1n) is 11.5. The second kappa shape index (κ2) is 11.2. The number of hydrogen-bond acceptors (Lipinski definition) is 4. The van der Waals surface area contributed by atoms with E-state index in [9.17, 15) is 13.2 Å². The van der Waals surface area contributed by atoms with Gasteiger partial charge in [-0.2, -0.15) is 9.40 Å². The summed E-state index contributed by atoms with van der Waals surface area (Å²) in [6.07, 6.45) is 0. The zero-order chi connectivity index (χ0) is 25.7. The van der Waals surface area contributed by atoms with E-state index in [1.54, 1.807) is 22.9 Å². The highest BCUT2D eigenvalue weighted by atomic mass is 79.9. The Morgan fingerprint density at radius 3 is 2.19 bits per heavy atom. The van der Waals surface area contributed by atoms with Crippen molar-refractivity contribution in [3.63, 3.8) is 0 Å². The number of nitrogens with zero attached hydrogens (tertiary/aromatic N) is 3. The van der Waals surface area contributed by atoms with Gasteiger partial charge in [0.15, 0.2) is 0 Å². The van der Waals surface area contributed by atoms with Gasteiger partial charge < -0.3 is 5.32 Å². The zero-order valence-corrected chi connectivity index (χ0v) is 22.4. The van der Waals surface area contributed by atoms with Gasteiger partial charge in [-0.05, 0) is 42.3 Å². The average Bonchev–Trinajstić information content (AvgIpc) is 3.28. The SMILES string of the molecule is CC(C)CN(CC(=O)Nc1cc(-c2ccccc2)nn1-c1ccccc1)S(=O)(=O)c1ccc(Br)cc1. The van der Waals surface area contributed by atoms with Crippen LogP contribution in [0.15, 0.2) is 100 Å². The van der Waals surface area contributed by atoms with E-state index < -0.39 is 15.9 Å². The maximum atomic E-state index is 13.4. The molecule has 0 bridgehead atoms. The van der Waals surface area contributed by atoms with Crippen molar-refractivity contribution in [3.8, 4) is 16.9 Å². The van der Waals surface area contributed by atoms with Crippen LogP contribution < -0.4 is 5.32 Å². The molecule has 0 aliphatic heterocycles. The molecule has 1 heterocycles. The first-order valence-corrected chi connectivity index (χ1v) is 13.7. The van der Waals surface area contributed by atoms with E-state index in [2.05, 4.69) is 21.2 Å². The summed E-state index contributed by atoms with van der Waals surface area (Å²) in [6.45, 7) is 3.72. The zero-order valence-electron chi connectivity index (χ0n) is 20.0. The van der Waals surface area contributed by atoms with Gasteiger partial charge in [0.25, 0.3) is 0 Å². The molecule has 36 heavy (non-hydrogen) atoms. The molecule has 0 spiro atoms. The molecule has 7 nitrogen and oxygen atoms in total. The summed E-state index contributed by atoms with van der Waals surface area (Å²) in [5.41, 5.74) is 2.37. The van der Waals surface area contributed by atoms with E-state index in [4.69, 9.17) is 5.10 Å². The second-order valence-corrected chi connectivity index (χ2v) is 11.6. The molecule has 0 unspecified atom stereocenters. The van der Waals surface area contributed by atoms with Crippen molar-refractivity contribution in [3.05, 3.63) is 95.5 Å². The minimum atomic E-state index is -3.87. The number of hydrogen-bond donors (Lipinski definition) is 1. The number of carbonyl (C=O) groups is 1. The molecule has 186 valence electrons. The van der Waals surface area contributed by atoms with Crippen molar-refractivity contribution in [2.45, 2.75) is 18.7 Å². The van der Waals surface area contributed by atoms with Crippen molar-refractivity contribution in [2.24, 2.45) is 5.92 Å². The highest BCUT2D eigenvalue weighted by molar-refractivity contribution is 9.10. The lowest BCUT2D eigenvalue weighted by Crippen LogP contribution is -2.40. The first-order chi connectivity index (χ1) is 17.2. The molecule has 0 aliphatic rings. The van der Waals surface area contributed by atoms with Gasteiger partial charge in [0, 0.05) is 22.6 Å². The van der Waals surface area contributed by atoms with E-state index in [0.717, 1.165) is 15.7 Å². The Morgan fingerprint density at radius 1 is 0.972 bits per heavy atom. The molecule has 4 aromatic rings. The molecule has 0 saturated carbocycles. The number of rotatable bonds is 9. The number of nitrogens with one attached hydrogen (secondary N) is 1. The van der Waals surface area contributed by atoms with Gasteiger partial charge in [-0.1, -0.05) is 78.3 Å². The third kappa shape index (κ3) is 6.10. The van der Waals surface area contributed by atoms with Gasteiger partial charge in [0.2, 0.25) is 15.9 Å². The Hall–Kier alpha value is -3.27. The van der Waals surface area contributed by atoms with Gasteiger partial charge in [-0.3, -0.25) is 4.79 Å². The van der Waals surface area contributed by atoms with Gasteiger partial charge in [-0.25, -0.2) is 13.1 Å². The van der Waals surface area contributed by atoms with Crippen molar-refractivity contribution < 1.29 is 13.2 Å². The predicted octanol–water partition coefficient (Wildman–Crippen LogP) is 5.59. The minimum Gasteiger partial charge on any atom is -0.309 e. The lowest BCUT2D eigenvalue weighted by Gasteiger charge is -2.23. The Bertz CT molecular complexity index is 1420. The Kier molecular flexibility index (Phi) is 8.03. The molecule has 4 rings (SSSR count). The lowest BCUT2D eigenvalue weighted by molar-refractivity contribution is -0.116. The van der Waals surface area contributed by atoms with Crippen LogP contribution in [0.4, 0.5) is 5.82 Å². The maximum absolute atomic E-state index is 13.4. The van der Waals surface area contributed by atoms with Crippen LogP contribution in [0.2, 0.25) is 0 Å². The fourth-order valence-corrected chi connectivity index (χ4v) is 5.56. The normalized spacial score (nSPS) is 11.7. The number of benzene rings is 3. The first kappa shape index (κ1) is 25.8.